The van der Waals surface area contributed by atoms with Gasteiger partial charge in [0.1, 0.15) is 18.5 Å². The molecule has 1 aromatic carbocycles. The third-order valence-electron chi connectivity index (χ3n) is 4.46. The molecule has 0 N–H and O–H groups in total. The van der Waals surface area contributed by atoms with Gasteiger partial charge in [-0.2, -0.15) is 5.10 Å². The molecule has 1 aliphatic heterocycles. The number of benzene rings is 1. The highest BCUT2D eigenvalue weighted by atomic mass is 16.6. The average molecular weight is 344 g/mol. The summed E-state index contributed by atoms with van der Waals surface area (Å²) in [7, 11) is 0. The van der Waals surface area contributed by atoms with Gasteiger partial charge in [-0.05, 0) is 18.4 Å². The molecular weight excluding hydrogens is 324 g/mol. The Bertz CT molecular complexity index is 774. The predicted molar refractivity (Wildman–Crippen MR) is 90.0 cm³/mol. The third kappa shape index (κ3) is 3.62. The molecule has 0 bridgehead atoms. The smallest absolute Gasteiger partial charge is 0.410 e. The zero-order valence-corrected chi connectivity index (χ0v) is 14.2. The summed E-state index contributed by atoms with van der Waals surface area (Å²) in [6.45, 7) is 4.79. The zero-order valence-electron chi connectivity index (χ0n) is 14.2. The fraction of sp³-hybridized carbons (Fsp3) is 0.412. The van der Waals surface area contributed by atoms with Gasteiger partial charge in [0.2, 0.25) is 0 Å². The van der Waals surface area contributed by atoms with Crippen LogP contribution in [0, 0.1) is 23.0 Å². The van der Waals surface area contributed by atoms with Gasteiger partial charge >= 0.3 is 11.8 Å². The second-order valence-electron chi connectivity index (χ2n) is 6.33. The lowest BCUT2D eigenvalue weighted by Crippen LogP contribution is -2.29. The summed E-state index contributed by atoms with van der Waals surface area (Å²) < 4.78 is 6.96. The summed E-state index contributed by atoms with van der Waals surface area (Å²) in [5.41, 5.74) is 1.30. The van der Waals surface area contributed by atoms with Crippen LogP contribution in [0.1, 0.15) is 24.2 Å². The van der Waals surface area contributed by atoms with Crippen molar-refractivity contribution in [1.29, 1.82) is 0 Å². The van der Waals surface area contributed by atoms with E-state index in [1.165, 1.54) is 6.20 Å². The maximum Gasteiger partial charge on any atom is 0.410 e. The summed E-state index contributed by atoms with van der Waals surface area (Å²) in [4.78, 5) is 24.5. The molecule has 0 radical (unpaired) electrons. The normalized spacial score (nSPS) is 19.8. The minimum absolute atomic E-state index is 0.00250. The number of rotatable bonds is 4. The lowest BCUT2D eigenvalue weighted by Gasteiger charge is -2.16. The summed E-state index contributed by atoms with van der Waals surface area (Å²) >= 11 is 0. The molecule has 1 aromatic heterocycles. The Hall–Kier alpha value is -2.90. The molecule has 1 amide bonds. The van der Waals surface area contributed by atoms with Crippen LogP contribution < -0.4 is 0 Å². The predicted octanol–water partition coefficient (Wildman–Crippen LogP) is 2.93. The van der Waals surface area contributed by atoms with Crippen LogP contribution >= 0.6 is 0 Å². The van der Waals surface area contributed by atoms with Gasteiger partial charge in [-0.25, -0.2) is 4.79 Å². The topological polar surface area (TPSA) is 90.5 Å². The largest absolute Gasteiger partial charge is 0.445 e. The summed E-state index contributed by atoms with van der Waals surface area (Å²) in [6.07, 6.45) is 1.06. The monoisotopic (exact) mass is 344 g/mol. The van der Waals surface area contributed by atoms with Crippen molar-refractivity contribution in [2.75, 3.05) is 13.1 Å². The zero-order chi connectivity index (χ0) is 18.0. The summed E-state index contributed by atoms with van der Waals surface area (Å²) in [5.74, 6) is 0.128. The fourth-order valence-corrected chi connectivity index (χ4v) is 3.07. The van der Waals surface area contributed by atoms with Crippen molar-refractivity contribution in [3.05, 3.63) is 57.9 Å². The van der Waals surface area contributed by atoms with Crippen molar-refractivity contribution in [2.45, 2.75) is 26.5 Å². The number of amides is 1. The first-order chi connectivity index (χ1) is 12.0. The van der Waals surface area contributed by atoms with Gasteiger partial charge in [0.05, 0.1) is 11.0 Å². The van der Waals surface area contributed by atoms with Crippen LogP contribution in [0.15, 0.2) is 36.5 Å². The molecule has 1 aliphatic rings. The molecule has 132 valence electrons. The molecule has 0 spiro atoms. The second-order valence-corrected chi connectivity index (χ2v) is 6.33. The number of hydrogen-bond acceptors (Lipinski definition) is 5. The Balaban J connectivity index is 1.63. The van der Waals surface area contributed by atoms with Crippen LogP contribution in [0.3, 0.4) is 0 Å². The highest BCUT2D eigenvalue weighted by Gasteiger charge is 2.36. The van der Waals surface area contributed by atoms with Gasteiger partial charge in [0, 0.05) is 13.1 Å². The van der Waals surface area contributed by atoms with Crippen molar-refractivity contribution in [2.24, 2.45) is 5.92 Å². The van der Waals surface area contributed by atoms with Gasteiger partial charge in [-0.15, -0.1) is 0 Å². The van der Waals surface area contributed by atoms with Crippen LogP contribution in [0.5, 0.6) is 0 Å². The Morgan fingerprint density at radius 1 is 1.36 bits per heavy atom. The van der Waals surface area contributed by atoms with E-state index in [4.69, 9.17) is 4.74 Å². The number of carbonyl (C=O) groups excluding carboxylic acids is 1. The van der Waals surface area contributed by atoms with E-state index in [-0.39, 0.29) is 30.3 Å². The molecule has 2 heterocycles. The number of nitro groups is 1. The lowest BCUT2D eigenvalue weighted by atomic mass is 10.1. The molecule has 2 atom stereocenters. The maximum absolute atomic E-state index is 12.3. The maximum atomic E-state index is 12.3. The molecule has 2 aromatic rings. The number of aromatic nitrogens is 2. The van der Waals surface area contributed by atoms with Gasteiger partial charge in [-0.3, -0.25) is 14.8 Å². The molecule has 0 unspecified atom stereocenters. The van der Waals surface area contributed by atoms with Gasteiger partial charge in [-0.1, -0.05) is 37.3 Å². The van der Waals surface area contributed by atoms with Gasteiger partial charge < -0.3 is 9.64 Å². The highest BCUT2D eigenvalue weighted by Crippen LogP contribution is 2.30. The first-order valence-electron chi connectivity index (χ1n) is 8.11. The standard InChI is InChI=1S/C17H20N4O4/c1-12-8-19(17(22)25-11-14-6-4-3-5-7-14)9-15(12)20-10-16(21(23)24)13(2)18-20/h3-7,10,12,15H,8-9,11H2,1-2H3/t12-,15+/m0/s1. The van der Waals surface area contributed by atoms with Crippen molar-refractivity contribution in [3.8, 4) is 0 Å². The molecule has 8 nitrogen and oxygen atoms in total. The van der Waals surface area contributed by atoms with E-state index in [1.54, 1.807) is 16.5 Å². The molecular formula is C17H20N4O4. The number of nitrogens with zero attached hydrogens (tertiary/aromatic N) is 4. The van der Waals surface area contributed by atoms with Crippen LogP contribution in [-0.4, -0.2) is 38.8 Å². The number of carbonyl (C=O) groups is 1. The number of hydrogen-bond donors (Lipinski definition) is 0. The summed E-state index contributed by atoms with van der Waals surface area (Å²) in [6, 6.07) is 9.39. The molecule has 1 fully saturated rings. The van der Waals surface area contributed by atoms with Gasteiger partial charge in [0.25, 0.3) is 0 Å². The van der Waals surface area contributed by atoms with Crippen LogP contribution in [0.25, 0.3) is 0 Å². The van der Waals surface area contributed by atoms with E-state index in [0.29, 0.717) is 18.8 Å². The average Bonchev–Trinajstić information content (AvgIpc) is 3.16. The number of aryl methyl sites for hydroxylation is 1. The number of ether oxygens (including phenoxy) is 1. The van der Waals surface area contributed by atoms with E-state index in [1.807, 2.05) is 37.3 Å². The Kier molecular flexibility index (Phi) is 4.69. The van der Waals surface area contributed by atoms with E-state index in [2.05, 4.69) is 5.10 Å². The minimum atomic E-state index is -0.440. The quantitative estimate of drug-likeness (QED) is 0.628. The minimum Gasteiger partial charge on any atom is -0.445 e. The van der Waals surface area contributed by atoms with E-state index in [9.17, 15) is 14.9 Å². The number of likely N-dealkylation sites (tertiary alicyclic amines) is 1. The lowest BCUT2D eigenvalue weighted by molar-refractivity contribution is -0.385. The first-order valence-corrected chi connectivity index (χ1v) is 8.11. The van der Waals surface area contributed by atoms with Crippen molar-refractivity contribution < 1.29 is 14.5 Å². The Labute approximate surface area is 145 Å². The third-order valence-corrected chi connectivity index (χ3v) is 4.46. The van der Waals surface area contributed by atoms with Crippen LogP contribution in [0.4, 0.5) is 10.5 Å². The van der Waals surface area contributed by atoms with Crippen molar-refractivity contribution in [1.82, 2.24) is 14.7 Å². The van der Waals surface area contributed by atoms with Crippen LogP contribution in [-0.2, 0) is 11.3 Å². The van der Waals surface area contributed by atoms with E-state index >= 15 is 0 Å². The molecule has 0 saturated carbocycles. The molecule has 0 aliphatic carbocycles. The van der Waals surface area contributed by atoms with E-state index in [0.717, 1.165) is 5.56 Å². The first kappa shape index (κ1) is 16.9. The van der Waals surface area contributed by atoms with Gasteiger partial charge in [0.15, 0.2) is 0 Å². The molecule has 8 heteroatoms. The van der Waals surface area contributed by atoms with E-state index < -0.39 is 4.92 Å². The molecule has 25 heavy (non-hydrogen) atoms. The summed E-state index contributed by atoms with van der Waals surface area (Å²) in [5, 5.41) is 15.2. The Morgan fingerprint density at radius 3 is 2.72 bits per heavy atom. The molecule has 3 rings (SSSR count). The Morgan fingerprint density at radius 2 is 2.08 bits per heavy atom. The fourth-order valence-electron chi connectivity index (χ4n) is 3.07. The SMILES string of the molecule is Cc1nn([C@@H]2CN(C(=O)OCc3ccccc3)C[C@@H]2C)cc1[N+](=O)[O-]. The van der Waals surface area contributed by atoms with Crippen molar-refractivity contribution in [3.63, 3.8) is 0 Å². The van der Waals surface area contributed by atoms with Crippen LogP contribution in [0.2, 0.25) is 0 Å². The van der Waals surface area contributed by atoms with Crippen molar-refractivity contribution >= 4 is 11.8 Å². The molecule has 1 saturated heterocycles. The second kappa shape index (κ2) is 6.92. The highest BCUT2D eigenvalue weighted by molar-refractivity contribution is 5.68.